The molecule has 0 saturated carbocycles. The summed E-state index contributed by atoms with van der Waals surface area (Å²) in [4.78, 5) is 22.6. The van der Waals surface area contributed by atoms with E-state index in [2.05, 4.69) is 0 Å². The van der Waals surface area contributed by atoms with Crippen LogP contribution in [-0.4, -0.2) is 11.7 Å². The molecule has 0 spiro atoms. The quantitative estimate of drug-likeness (QED) is 0.447. The zero-order valence-corrected chi connectivity index (χ0v) is 7.93. The van der Waals surface area contributed by atoms with Crippen molar-refractivity contribution in [1.82, 2.24) is 0 Å². The zero-order valence-electron chi connectivity index (χ0n) is 7.11. The fraction of sp³-hybridized carbons (Fsp3) is 0.111. The lowest BCUT2D eigenvalue weighted by atomic mass is 10.1. The number of rotatable bonds is 3. The van der Waals surface area contributed by atoms with Gasteiger partial charge in [0.15, 0.2) is 5.78 Å². The number of thiophene rings is 1. The van der Waals surface area contributed by atoms with Gasteiger partial charge in [0.1, 0.15) is 0 Å². The highest BCUT2D eigenvalue weighted by atomic mass is 32.1. The van der Waals surface area contributed by atoms with Gasteiger partial charge in [-0.15, -0.1) is 11.3 Å². The molecule has 0 bridgehead atoms. The Morgan fingerprint density at radius 1 is 1.54 bits per heavy atom. The van der Waals surface area contributed by atoms with Crippen molar-refractivity contribution in [3.05, 3.63) is 28.0 Å². The molecule has 1 rings (SSSR count). The third kappa shape index (κ3) is 2.52. The van der Waals surface area contributed by atoms with Crippen LogP contribution in [0.25, 0.3) is 6.08 Å². The molecule has 0 fully saturated rings. The zero-order chi connectivity index (χ0) is 9.84. The van der Waals surface area contributed by atoms with Crippen molar-refractivity contribution >= 4 is 29.1 Å². The van der Waals surface area contributed by atoms with Gasteiger partial charge in [-0.3, -0.25) is 9.59 Å². The number of ketones is 1. The molecule has 1 heterocycles. The lowest BCUT2D eigenvalue weighted by molar-refractivity contribution is -0.119. The Kier molecular flexibility index (Phi) is 2.97. The molecule has 0 aliphatic carbocycles. The predicted molar refractivity (Wildman–Crippen MR) is 52.2 cm³/mol. The SMILES string of the molecule is CC(=O)/C(=C/c1cccs1)C(N)=O. The van der Waals surface area contributed by atoms with E-state index in [0.717, 1.165) is 4.88 Å². The lowest BCUT2D eigenvalue weighted by Gasteiger charge is -1.95. The molecule has 13 heavy (non-hydrogen) atoms. The maximum atomic E-state index is 10.9. The van der Waals surface area contributed by atoms with Gasteiger partial charge >= 0.3 is 0 Å². The molecule has 0 saturated heterocycles. The van der Waals surface area contributed by atoms with E-state index >= 15 is 0 Å². The second kappa shape index (κ2) is 4.00. The first-order valence-electron chi connectivity index (χ1n) is 3.67. The average Bonchev–Trinajstić information content (AvgIpc) is 2.50. The molecule has 4 heteroatoms. The van der Waals surface area contributed by atoms with Crippen LogP contribution in [0.2, 0.25) is 0 Å². The standard InChI is InChI=1S/C9H9NO2S/c1-6(11)8(9(10)12)5-7-3-2-4-13-7/h2-5H,1H3,(H2,10,12)/b8-5-. The average molecular weight is 195 g/mol. The second-order valence-electron chi connectivity index (χ2n) is 2.49. The molecule has 1 amide bonds. The number of carbonyl (C=O) groups excluding carboxylic acids is 2. The van der Waals surface area contributed by atoms with E-state index in [0.29, 0.717) is 0 Å². The monoisotopic (exact) mass is 195 g/mol. The van der Waals surface area contributed by atoms with E-state index in [-0.39, 0.29) is 11.4 Å². The van der Waals surface area contributed by atoms with E-state index in [9.17, 15) is 9.59 Å². The number of hydrogen-bond donors (Lipinski definition) is 1. The van der Waals surface area contributed by atoms with Crippen LogP contribution < -0.4 is 5.73 Å². The van der Waals surface area contributed by atoms with Gasteiger partial charge in [0.2, 0.25) is 0 Å². The number of Topliss-reactive ketones (excluding diaryl/α,β-unsaturated/α-hetero) is 1. The molecule has 0 aliphatic rings. The van der Waals surface area contributed by atoms with Crippen LogP contribution in [0.3, 0.4) is 0 Å². The van der Waals surface area contributed by atoms with Gasteiger partial charge in [0.05, 0.1) is 5.57 Å². The summed E-state index contributed by atoms with van der Waals surface area (Å²) in [6.07, 6.45) is 1.51. The summed E-state index contributed by atoms with van der Waals surface area (Å²) in [5.74, 6) is -0.984. The van der Waals surface area contributed by atoms with Gasteiger partial charge in [-0.05, 0) is 24.4 Å². The summed E-state index contributed by atoms with van der Waals surface area (Å²) in [6, 6.07) is 3.66. The van der Waals surface area contributed by atoms with E-state index in [1.807, 2.05) is 17.5 Å². The molecule has 0 radical (unpaired) electrons. The fourth-order valence-corrected chi connectivity index (χ4v) is 1.52. The maximum Gasteiger partial charge on any atom is 0.252 e. The predicted octanol–water partition coefficient (Wildman–Crippen LogP) is 1.21. The molecule has 0 aromatic carbocycles. The van der Waals surface area contributed by atoms with Crippen LogP contribution in [0.15, 0.2) is 23.1 Å². The van der Waals surface area contributed by atoms with Crippen LogP contribution in [0.1, 0.15) is 11.8 Å². The third-order valence-electron chi connectivity index (χ3n) is 1.47. The highest BCUT2D eigenvalue weighted by molar-refractivity contribution is 7.10. The molecule has 2 N–H and O–H groups in total. The number of hydrogen-bond acceptors (Lipinski definition) is 3. The van der Waals surface area contributed by atoms with Crippen molar-refractivity contribution in [2.24, 2.45) is 5.73 Å². The highest BCUT2D eigenvalue weighted by Gasteiger charge is 2.10. The Morgan fingerprint density at radius 2 is 2.23 bits per heavy atom. The number of primary amides is 1. The topological polar surface area (TPSA) is 60.2 Å². The minimum atomic E-state index is -0.680. The van der Waals surface area contributed by atoms with Gasteiger partial charge in [-0.1, -0.05) is 6.07 Å². The largest absolute Gasteiger partial charge is 0.365 e. The highest BCUT2D eigenvalue weighted by Crippen LogP contribution is 2.13. The Bertz CT molecular complexity index is 336. The summed E-state index contributed by atoms with van der Waals surface area (Å²) < 4.78 is 0. The van der Waals surface area contributed by atoms with Crippen LogP contribution in [0, 0.1) is 0 Å². The van der Waals surface area contributed by atoms with Crippen LogP contribution in [0.5, 0.6) is 0 Å². The number of carbonyl (C=O) groups is 2. The van der Waals surface area contributed by atoms with Crippen molar-refractivity contribution in [2.75, 3.05) is 0 Å². The molecule has 3 nitrogen and oxygen atoms in total. The van der Waals surface area contributed by atoms with Crippen molar-refractivity contribution in [3.63, 3.8) is 0 Å². The first-order chi connectivity index (χ1) is 6.11. The Balaban J connectivity index is 3.01. The second-order valence-corrected chi connectivity index (χ2v) is 3.47. The van der Waals surface area contributed by atoms with Crippen molar-refractivity contribution in [2.45, 2.75) is 6.92 Å². The van der Waals surface area contributed by atoms with E-state index in [4.69, 9.17) is 5.73 Å². The number of nitrogens with two attached hydrogens (primary N) is 1. The van der Waals surface area contributed by atoms with Crippen LogP contribution in [0.4, 0.5) is 0 Å². The lowest BCUT2D eigenvalue weighted by Crippen LogP contribution is -2.18. The van der Waals surface area contributed by atoms with E-state index in [1.54, 1.807) is 0 Å². The molecule has 0 aliphatic heterocycles. The third-order valence-corrected chi connectivity index (χ3v) is 2.29. The Morgan fingerprint density at radius 3 is 2.62 bits per heavy atom. The van der Waals surface area contributed by atoms with E-state index < -0.39 is 5.91 Å². The first kappa shape index (κ1) is 9.67. The molecule has 0 unspecified atom stereocenters. The van der Waals surface area contributed by atoms with E-state index in [1.165, 1.54) is 24.3 Å². The summed E-state index contributed by atoms with van der Waals surface area (Å²) in [7, 11) is 0. The summed E-state index contributed by atoms with van der Waals surface area (Å²) in [5, 5.41) is 1.87. The van der Waals surface area contributed by atoms with Gasteiger partial charge in [0, 0.05) is 4.88 Å². The molecule has 1 aromatic rings. The maximum absolute atomic E-state index is 10.9. The van der Waals surface area contributed by atoms with Gasteiger partial charge in [-0.25, -0.2) is 0 Å². The molecule has 0 atom stereocenters. The van der Waals surface area contributed by atoms with Crippen LogP contribution >= 0.6 is 11.3 Å². The first-order valence-corrected chi connectivity index (χ1v) is 4.55. The Hall–Kier alpha value is -1.42. The van der Waals surface area contributed by atoms with Crippen molar-refractivity contribution in [3.8, 4) is 0 Å². The van der Waals surface area contributed by atoms with Gasteiger partial charge in [0.25, 0.3) is 5.91 Å². The Labute approximate surface area is 79.9 Å². The minimum absolute atomic E-state index is 0.0439. The fourth-order valence-electron chi connectivity index (χ4n) is 0.862. The van der Waals surface area contributed by atoms with Crippen molar-refractivity contribution < 1.29 is 9.59 Å². The van der Waals surface area contributed by atoms with Crippen molar-refractivity contribution in [1.29, 1.82) is 0 Å². The summed E-state index contributed by atoms with van der Waals surface area (Å²) >= 11 is 1.45. The minimum Gasteiger partial charge on any atom is -0.365 e. The molecule has 1 aromatic heterocycles. The molecular weight excluding hydrogens is 186 g/mol. The molecule has 68 valence electrons. The normalized spacial score (nSPS) is 11.3. The van der Waals surface area contributed by atoms with Crippen LogP contribution in [-0.2, 0) is 9.59 Å². The molecular formula is C9H9NO2S. The van der Waals surface area contributed by atoms with Gasteiger partial charge < -0.3 is 5.73 Å². The summed E-state index contributed by atoms with van der Waals surface area (Å²) in [5.41, 5.74) is 5.07. The van der Waals surface area contributed by atoms with Gasteiger partial charge in [-0.2, -0.15) is 0 Å². The smallest absolute Gasteiger partial charge is 0.252 e. The number of amides is 1. The summed E-state index contributed by atoms with van der Waals surface area (Å²) in [6.45, 7) is 1.32.